The van der Waals surface area contributed by atoms with Crippen molar-refractivity contribution >= 4 is 11.9 Å². The number of aliphatic hydroxyl groups is 2. The lowest BCUT2D eigenvalue weighted by molar-refractivity contribution is -0.143. The van der Waals surface area contributed by atoms with E-state index in [1.54, 1.807) is 6.08 Å². The number of esters is 1. The molecule has 0 aromatic rings. The van der Waals surface area contributed by atoms with Gasteiger partial charge in [-0.05, 0) is 57.8 Å². The van der Waals surface area contributed by atoms with E-state index in [1.807, 2.05) is 6.08 Å². The molecule has 0 saturated heterocycles. The fourth-order valence-electron chi connectivity index (χ4n) is 12.3. The van der Waals surface area contributed by atoms with Crippen molar-refractivity contribution in [3.05, 3.63) is 24.3 Å². The summed E-state index contributed by atoms with van der Waals surface area (Å²) in [5.41, 5.74) is 0. The number of unbranched alkanes of at least 4 members (excludes halogenated alkanes) is 60. The molecule has 0 spiro atoms. The van der Waals surface area contributed by atoms with Crippen molar-refractivity contribution < 1.29 is 24.5 Å². The van der Waals surface area contributed by atoms with Crippen LogP contribution in [0.5, 0.6) is 0 Å². The van der Waals surface area contributed by atoms with Crippen LogP contribution in [0.3, 0.4) is 0 Å². The molecule has 0 aliphatic carbocycles. The Balaban J connectivity index is 3.38. The van der Waals surface area contributed by atoms with Crippen molar-refractivity contribution in [2.45, 2.75) is 450 Å². The Kier molecular flexibility index (Phi) is 72.3. The number of aliphatic hydroxyl groups excluding tert-OH is 2. The van der Waals surface area contributed by atoms with Crippen molar-refractivity contribution in [3.63, 3.8) is 0 Å². The van der Waals surface area contributed by atoms with Crippen molar-refractivity contribution in [3.8, 4) is 0 Å². The van der Waals surface area contributed by atoms with Crippen LogP contribution in [0.1, 0.15) is 438 Å². The summed E-state index contributed by atoms with van der Waals surface area (Å²) < 4.78 is 5.51. The van der Waals surface area contributed by atoms with E-state index in [4.69, 9.17) is 4.74 Å². The minimum absolute atomic E-state index is 0.0133. The average molecular weight is 1180 g/mol. The van der Waals surface area contributed by atoms with E-state index >= 15 is 0 Å². The van der Waals surface area contributed by atoms with Gasteiger partial charge in [-0.25, -0.2) is 0 Å². The van der Waals surface area contributed by atoms with Crippen LogP contribution in [-0.2, 0) is 14.3 Å². The fraction of sp³-hybridized carbons (Fsp3) is 0.923. The first-order chi connectivity index (χ1) is 41.5. The SMILES string of the molecule is CCCCCCCCC/C=C\CCCCCCCCCC(=O)OCCCCCCCCCCCCCCCCCCCCCCCCCCC(=O)NC(CO)C(O)/C=C/CCCCCCCCCCCCCCCCCCCCCCCCC. The molecule has 0 aromatic carbocycles. The summed E-state index contributed by atoms with van der Waals surface area (Å²) in [7, 11) is 0. The molecule has 498 valence electrons. The second-order valence-electron chi connectivity index (χ2n) is 26.7. The summed E-state index contributed by atoms with van der Waals surface area (Å²) in [5, 5.41) is 23.3. The van der Waals surface area contributed by atoms with Gasteiger partial charge < -0.3 is 20.3 Å². The minimum Gasteiger partial charge on any atom is -0.466 e. The molecule has 0 radical (unpaired) electrons. The summed E-state index contributed by atoms with van der Waals surface area (Å²) in [6.45, 7) is 4.95. The standard InChI is InChI=1S/C78H151NO5/c1-3-5-7-9-11-13-15-17-19-21-23-24-25-26-29-32-35-38-42-46-50-54-58-62-66-70-76(81)75(74-80)79-77(82)71-67-63-59-55-51-47-43-39-36-33-30-27-28-31-34-37-41-45-49-53-57-61-65-69-73-84-78(83)72-68-64-60-56-52-48-44-40-22-20-18-16-14-12-10-8-6-4-2/h20,22,66,70,75-76,80-81H,3-19,21,23-65,67-69,71-74H2,1-2H3,(H,79,82)/b22-20-,70-66+. The maximum Gasteiger partial charge on any atom is 0.305 e. The maximum atomic E-state index is 12.6. The lowest BCUT2D eigenvalue weighted by Crippen LogP contribution is -2.45. The highest BCUT2D eigenvalue weighted by Crippen LogP contribution is 2.20. The number of allylic oxidation sites excluding steroid dienone is 3. The zero-order valence-corrected chi connectivity index (χ0v) is 57.2. The largest absolute Gasteiger partial charge is 0.466 e. The molecule has 6 nitrogen and oxygen atoms in total. The third kappa shape index (κ3) is 69.4. The molecule has 0 aromatic heterocycles. The van der Waals surface area contributed by atoms with Crippen molar-refractivity contribution in [2.24, 2.45) is 0 Å². The normalized spacial score (nSPS) is 12.6. The molecule has 0 bridgehead atoms. The summed E-state index contributed by atoms with van der Waals surface area (Å²) >= 11 is 0. The third-order valence-electron chi connectivity index (χ3n) is 18.2. The van der Waals surface area contributed by atoms with E-state index in [0.717, 1.165) is 44.9 Å². The number of hydrogen-bond acceptors (Lipinski definition) is 5. The fourth-order valence-corrected chi connectivity index (χ4v) is 12.3. The van der Waals surface area contributed by atoms with E-state index in [2.05, 4.69) is 31.3 Å². The van der Waals surface area contributed by atoms with Gasteiger partial charge in [-0.2, -0.15) is 0 Å². The van der Waals surface area contributed by atoms with Crippen molar-refractivity contribution in [2.75, 3.05) is 13.2 Å². The van der Waals surface area contributed by atoms with Gasteiger partial charge >= 0.3 is 5.97 Å². The van der Waals surface area contributed by atoms with Crippen LogP contribution in [-0.4, -0.2) is 47.4 Å². The predicted molar refractivity (Wildman–Crippen MR) is 370 cm³/mol. The first-order valence-electron chi connectivity index (χ1n) is 38.6. The first-order valence-corrected chi connectivity index (χ1v) is 38.6. The minimum atomic E-state index is -0.845. The van der Waals surface area contributed by atoms with Crippen LogP contribution in [0.25, 0.3) is 0 Å². The highest BCUT2D eigenvalue weighted by Gasteiger charge is 2.18. The van der Waals surface area contributed by atoms with Gasteiger partial charge in [0.1, 0.15) is 0 Å². The molecule has 2 unspecified atom stereocenters. The summed E-state index contributed by atoms with van der Waals surface area (Å²) in [6, 6.07) is -0.629. The van der Waals surface area contributed by atoms with Crippen molar-refractivity contribution in [1.29, 1.82) is 0 Å². The average Bonchev–Trinajstić information content (AvgIpc) is 3.51. The molecule has 1 amide bonds. The highest BCUT2D eigenvalue weighted by molar-refractivity contribution is 5.76. The van der Waals surface area contributed by atoms with E-state index in [9.17, 15) is 19.8 Å². The smallest absolute Gasteiger partial charge is 0.305 e. The summed E-state index contributed by atoms with van der Waals surface area (Å²) in [4.78, 5) is 24.7. The molecule has 0 aliphatic rings. The van der Waals surface area contributed by atoms with E-state index in [0.29, 0.717) is 19.4 Å². The summed E-state index contributed by atoms with van der Waals surface area (Å²) in [6.07, 6.45) is 94.2. The third-order valence-corrected chi connectivity index (χ3v) is 18.2. The van der Waals surface area contributed by atoms with Gasteiger partial charge in [-0.15, -0.1) is 0 Å². The van der Waals surface area contributed by atoms with Gasteiger partial charge in [0, 0.05) is 12.8 Å². The van der Waals surface area contributed by atoms with Crippen LogP contribution < -0.4 is 5.32 Å². The molecule has 0 heterocycles. The Labute approximate surface area is 526 Å². The Morgan fingerprint density at radius 3 is 0.845 bits per heavy atom. The van der Waals surface area contributed by atoms with Crippen LogP contribution in [0, 0.1) is 0 Å². The van der Waals surface area contributed by atoms with Gasteiger partial charge in [0.05, 0.1) is 25.4 Å². The Morgan fingerprint density at radius 1 is 0.321 bits per heavy atom. The van der Waals surface area contributed by atoms with Gasteiger partial charge in [0.2, 0.25) is 5.91 Å². The molecular weight excluding hydrogens is 1030 g/mol. The number of nitrogens with one attached hydrogen (secondary N) is 1. The van der Waals surface area contributed by atoms with E-state index < -0.39 is 12.1 Å². The van der Waals surface area contributed by atoms with E-state index in [-0.39, 0.29) is 18.5 Å². The zero-order chi connectivity index (χ0) is 60.6. The number of ether oxygens (including phenoxy) is 1. The lowest BCUT2D eigenvalue weighted by atomic mass is 10.0. The molecule has 0 aliphatic heterocycles. The molecule has 0 rings (SSSR count). The quantitative estimate of drug-likeness (QED) is 0.0320. The summed E-state index contributed by atoms with van der Waals surface area (Å²) in [5.74, 6) is -0.0483. The number of amides is 1. The molecule has 0 fully saturated rings. The Bertz CT molecular complexity index is 1320. The maximum absolute atomic E-state index is 12.6. The van der Waals surface area contributed by atoms with Gasteiger partial charge in [0.15, 0.2) is 0 Å². The second kappa shape index (κ2) is 73.8. The van der Waals surface area contributed by atoms with Crippen LogP contribution in [0.15, 0.2) is 24.3 Å². The van der Waals surface area contributed by atoms with Crippen LogP contribution >= 0.6 is 0 Å². The van der Waals surface area contributed by atoms with Gasteiger partial charge in [-0.1, -0.05) is 391 Å². The molecule has 6 heteroatoms. The van der Waals surface area contributed by atoms with Crippen molar-refractivity contribution in [1.82, 2.24) is 5.32 Å². The number of hydrogen-bond donors (Lipinski definition) is 3. The van der Waals surface area contributed by atoms with Crippen LogP contribution in [0.4, 0.5) is 0 Å². The number of carbonyl (C=O) groups is 2. The van der Waals surface area contributed by atoms with E-state index in [1.165, 1.54) is 366 Å². The molecule has 2 atom stereocenters. The second-order valence-corrected chi connectivity index (χ2v) is 26.7. The van der Waals surface area contributed by atoms with Crippen LogP contribution in [0.2, 0.25) is 0 Å². The molecule has 0 saturated carbocycles. The number of carbonyl (C=O) groups excluding carboxylic acids is 2. The molecule has 84 heavy (non-hydrogen) atoms. The Morgan fingerprint density at radius 2 is 0.560 bits per heavy atom. The highest BCUT2D eigenvalue weighted by atomic mass is 16.5. The topological polar surface area (TPSA) is 95.9 Å². The molecule has 3 N–H and O–H groups in total. The molecular formula is C78H151NO5. The number of rotatable bonds is 73. The first kappa shape index (κ1) is 82.3. The zero-order valence-electron chi connectivity index (χ0n) is 57.2. The predicted octanol–water partition coefficient (Wildman–Crippen LogP) is 25.3. The Hall–Kier alpha value is -1.66. The monoisotopic (exact) mass is 1180 g/mol. The van der Waals surface area contributed by atoms with Gasteiger partial charge in [-0.3, -0.25) is 9.59 Å². The van der Waals surface area contributed by atoms with Gasteiger partial charge in [0.25, 0.3) is 0 Å². The lowest BCUT2D eigenvalue weighted by Gasteiger charge is -2.20.